The van der Waals surface area contributed by atoms with Gasteiger partial charge in [-0.2, -0.15) is 0 Å². The highest BCUT2D eigenvalue weighted by Gasteiger charge is 2.24. The normalized spacial score (nSPS) is 19.6. The smallest absolute Gasteiger partial charge is 0.224 e. The van der Waals surface area contributed by atoms with Crippen LogP contribution in [0.5, 0.6) is 0 Å². The number of carbonyl (C=O) groups is 1. The number of hydrogen-bond donors (Lipinski definition) is 2. The molecule has 1 saturated heterocycles. The third kappa shape index (κ3) is 4.25. The monoisotopic (exact) mass is 322 g/mol. The molecule has 0 aromatic heterocycles. The number of carbonyl (C=O) groups excluding carboxylic acids is 1. The summed E-state index contributed by atoms with van der Waals surface area (Å²) in [7, 11) is 0. The van der Waals surface area contributed by atoms with Crippen molar-refractivity contribution in [3.63, 3.8) is 0 Å². The number of nitrogens with one attached hydrogen (secondary N) is 2. The molecule has 1 aromatic carbocycles. The van der Waals surface area contributed by atoms with Crippen LogP contribution in [-0.4, -0.2) is 19.0 Å². The Labute approximate surface area is 129 Å². The second-order valence-electron chi connectivity index (χ2n) is 4.59. The molecule has 1 amide bonds. The topological polar surface area (TPSA) is 41.1 Å². The molecule has 1 heterocycles. The first kappa shape index (κ1) is 16.6. The highest BCUT2D eigenvalue weighted by Crippen LogP contribution is 2.26. The molecule has 1 aliphatic heterocycles. The summed E-state index contributed by atoms with van der Waals surface area (Å²) < 4.78 is 0. The Bertz CT molecular complexity index is 448. The van der Waals surface area contributed by atoms with E-state index in [1.807, 2.05) is 13.0 Å². The minimum atomic E-state index is -0.108. The molecule has 0 radical (unpaired) electrons. The number of benzene rings is 1. The molecule has 2 N–H and O–H groups in total. The third-order valence-electron chi connectivity index (χ3n) is 3.22. The highest BCUT2D eigenvalue weighted by molar-refractivity contribution is 6.35. The average molecular weight is 324 g/mol. The van der Waals surface area contributed by atoms with Gasteiger partial charge in [0.15, 0.2) is 0 Å². The van der Waals surface area contributed by atoms with Crippen LogP contribution in [-0.2, 0) is 4.79 Å². The largest absolute Gasteiger partial charge is 0.349 e. The van der Waals surface area contributed by atoms with Crippen LogP contribution in [0.25, 0.3) is 0 Å². The van der Waals surface area contributed by atoms with Gasteiger partial charge in [-0.1, -0.05) is 29.3 Å². The van der Waals surface area contributed by atoms with E-state index in [2.05, 4.69) is 10.6 Å². The van der Waals surface area contributed by atoms with E-state index in [1.165, 1.54) is 0 Å². The predicted octanol–water partition coefficient (Wildman–Crippen LogP) is 3.20. The Kier molecular flexibility index (Phi) is 6.40. The molecule has 1 aromatic rings. The van der Waals surface area contributed by atoms with E-state index in [-0.39, 0.29) is 30.3 Å². The summed E-state index contributed by atoms with van der Waals surface area (Å²) >= 11 is 12.0. The molecular weight excluding hydrogens is 307 g/mol. The van der Waals surface area contributed by atoms with Gasteiger partial charge in [0.2, 0.25) is 5.91 Å². The molecule has 0 bridgehead atoms. The molecule has 0 aliphatic carbocycles. The molecule has 3 nitrogen and oxygen atoms in total. The zero-order valence-corrected chi connectivity index (χ0v) is 12.9. The van der Waals surface area contributed by atoms with Crippen molar-refractivity contribution in [1.82, 2.24) is 10.6 Å². The number of halogens is 3. The first-order valence-electron chi connectivity index (χ1n) is 6.04. The van der Waals surface area contributed by atoms with Gasteiger partial charge in [0.1, 0.15) is 0 Å². The molecule has 106 valence electrons. The average Bonchev–Trinajstić information content (AvgIpc) is 2.81. The summed E-state index contributed by atoms with van der Waals surface area (Å²) in [6.45, 7) is 3.59. The number of hydrogen-bond acceptors (Lipinski definition) is 2. The van der Waals surface area contributed by atoms with Crippen LogP contribution in [0.15, 0.2) is 18.2 Å². The molecule has 19 heavy (non-hydrogen) atoms. The lowest BCUT2D eigenvalue weighted by molar-refractivity contribution is -0.125. The molecule has 0 spiro atoms. The second-order valence-corrected chi connectivity index (χ2v) is 5.43. The third-order valence-corrected chi connectivity index (χ3v) is 3.78. The predicted molar refractivity (Wildman–Crippen MR) is 81.2 cm³/mol. The van der Waals surface area contributed by atoms with Crippen LogP contribution in [0.4, 0.5) is 0 Å². The van der Waals surface area contributed by atoms with Gasteiger partial charge in [0, 0.05) is 16.6 Å². The lowest BCUT2D eigenvalue weighted by Gasteiger charge is -2.18. The lowest BCUT2D eigenvalue weighted by atomic mass is 10.1. The van der Waals surface area contributed by atoms with E-state index in [0.717, 1.165) is 25.1 Å². The Balaban J connectivity index is 0.00000180. The maximum Gasteiger partial charge on any atom is 0.224 e. The van der Waals surface area contributed by atoms with E-state index in [1.54, 1.807) is 12.1 Å². The highest BCUT2D eigenvalue weighted by atomic mass is 35.5. The van der Waals surface area contributed by atoms with Gasteiger partial charge in [-0.05, 0) is 37.6 Å². The summed E-state index contributed by atoms with van der Waals surface area (Å²) in [6.07, 6.45) is 0.896. The van der Waals surface area contributed by atoms with Crippen molar-refractivity contribution in [2.24, 2.45) is 5.92 Å². The molecule has 1 aliphatic rings. The van der Waals surface area contributed by atoms with E-state index in [4.69, 9.17) is 23.2 Å². The van der Waals surface area contributed by atoms with Crippen LogP contribution >= 0.6 is 35.6 Å². The first-order valence-corrected chi connectivity index (χ1v) is 6.79. The number of rotatable bonds is 3. The summed E-state index contributed by atoms with van der Waals surface area (Å²) in [4.78, 5) is 12.0. The van der Waals surface area contributed by atoms with Crippen molar-refractivity contribution in [2.45, 2.75) is 19.4 Å². The molecule has 2 rings (SSSR count). The van der Waals surface area contributed by atoms with Crippen LogP contribution in [0.1, 0.15) is 24.9 Å². The fourth-order valence-corrected chi connectivity index (χ4v) is 2.71. The van der Waals surface area contributed by atoms with Gasteiger partial charge in [-0.25, -0.2) is 0 Å². The van der Waals surface area contributed by atoms with Crippen molar-refractivity contribution in [2.75, 3.05) is 13.1 Å². The Hall–Kier alpha value is -0.480. The minimum absolute atomic E-state index is 0. The van der Waals surface area contributed by atoms with E-state index >= 15 is 0 Å². The quantitative estimate of drug-likeness (QED) is 0.897. The van der Waals surface area contributed by atoms with Crippen LogP contribution < -0.4 is 10.6 Å². The molecule has 2 atom stereocenters. The van der Waals surface area contributed by atoms with Gasteiger partial charge < -0.3 is 10.6 Å². The summed E-state index contributed by atoms with van der Waals surface area (Å²) in [5.74, 6) is 0.150. The Morgan fingerprint density at radius 3 is 2.79 bits per heavy atom. The molecule has 6 heteroatoms. The SMILES string of the molecule is CC(NC(=O)C1CCNC1)c1ccc(Cl)cc1Cl.Cl. The number of amides is 1. The van der Waals surface area contributed by atoms with E-state index in [0.29, 0.717) is 10.0 Å². The van der Waals surface area contributed by atoms with Crippen molar-refractivity contribution < 1.29 is 4.79 Å². The van der Waals surface area contributed by atoms with Crippen LogP contribution in [0.2, 0.25) is 10.0 Å². The van der Waals surface area contributed by atoms with Gasteiger partial charge in [-0.3, -0.25) is 4.79 Å². The summed E-state index contributed by atoms with van der Waals surface area (Å²) in [5.41, 5.74) is 0.889. The van der Waals surface area contributed by atoms with Crippen LogP contribution in [0.3, 0.4) is 0 Å². The van der Waals surface area contributed by atoms with Crippen molar-refractivity contribution in [1.29, 1.82) is 0 Å². The van der Waals surface area contributed by atoms with Crippen molar-refractivity contribution in [3.05, 3.63) is 33.8 Å². The molecular formula is C13H17Cl3N2O. The zero-order chi connectivity index (χ0) is 13.1. The van der Waals surface area contributed by atoms with E-state index in [9.17, 15) is 4.79 Å². The van der Waals surface area contributed by atoms with Crippen molar-refractivity contribution >= 4 is 41.5 Å². The van der Waals surface area contributed by atoms with E-state index < -0.39 is 0 Å². The summed E-state index contributed by atoms with van der Waals surface area (Å²) in [6, 6.07) is 5.21. The minimum Gasteiger partial charge on any atom is -0.349 e. The van der Waals surface area contributed by atoms with Gasteiger partial charge in [0.05, 0.1) is 12.0 Å². The first-order chi connectivity index (χ1) is 8.58. The maximum atomic E-state index is 12.0. The fraction of sp³-hybridized carbons (Fsp3) is 0.462. The molecule has 2 unspecified atom stereocenters. The standard InChI is InChI=1S/C13H16Cl2N2O.ClH/c1-8(11-3-2-10(14)6-12(11)15)17-13(18)9-4-5-16-7-9;/h2-3,6,8-9,16H,4-5,7H2,1H3,(H,17,18);1H. The van der Waals surface area contributed by atoms with Gasteiger partial charge in [-0.15, -0.1) is 12.4 Å². The van der Waals surface area contributed by atoms with Crippen molar-refractivity contribution in [3.8, 4) is 0 Å². The van der Waals surface area contributed by atoms with Gasteiger partial charge in [0.25, 0.3) is 0 Å². The fourth-order valence-electron chi connectivity index (χ4n) is 2.14. The second kappa shape index (κ2) is 7.34. The summed E-state index contributed by atoms with van der Waals surface area (Å²) in [5, 5.41) is 7.36. The Morgan fingerprint density at radius 1 is 1.47 bits per heavy atom. The van der Waals surface area contributed by atoms with Crippen LogP contribution in [0, 0.1) is 5.92 Å². The lowest BCUT2D eigenvalue weighted by Crippen LogP contribution is -2.33. The van der Waals surface area contributed by atoms with Gasteiger partial charge >= 0.3 is 0 Å². The zero-order valence-electron chi connectivity index (χ0n) is 10.6. The Morgan fingerprint density at radius 2 is 2.21 bits per heavy atom. The maximum absolute atomic E-state index is 12.0. The molecule has 0 saturated carbocycles. The molecule has 1 fully saturated rings.